The van der Waals surface area contributed by atoms with Crippen LogP contribution in [-0.2, 0) is 26.2 Å². The second-order valence-electron chi connectivity index (χ2n) is 24.0. The van der Waals surface area contributed by atoms with Gasteiger partial charge in [0, 0.05) is 156 Å². The number of aliphatic imine (C=N–C) groups is 4. The van der Waals surface area contributed by atoms with Crippen LogP contribution in [0, 0.1) is 62.6 Å². The SMILES string of the molecule is CN=C(N(C)Cc1cc(F)c(C)c(F)c1)N1CN(C)C(=O)N(C)C1.CN=C(N(C)Cc1ccc(C)c(F)c1)N1CN(C)C(=O)N(C)C1.CN=C(N(C)Cc1ccc(F)c(C)c1)N1CN(C)C(=O)N(C)C1.CN=C(N(C)Cc1ccc(F)c(C)c1F)N1CN(C)C(=O)N(C)C1. The van der Waals surface area contributed by atoms with Crippen LogP contribution >= 0.6 is 0 Å². The number of guanidine groups is 4. The van der Waals surface area contributed by atoms with E-state index in [2.05, 4.69) is 20.0 Å². The van der Waals surface area contributed by atoms with Crippen LogP contribution in [0.4, 0.5) is 45.5 Å². The molecule has 4 aliphatic rings. The largest absolute Gasteiger partial charge is 0.341 e. The molecule has 0 aromatic heterocycles. The smallest absolute Gasteiger partial charge is 0.322 e. The predicted molar refractivity (Wildman–Crippen MR) is 354 cm³/mol. The first-order chi connectivity index (χ1) is 44.2. The molecule has 0 spiro atoms. The highest BCUT2D eigenvalue weighted by molar-refractivity contribution is 5.85. The minimum Gasteiger partial charge on any atom is -0.341 e. The van der Waals surface area contributed by atoms with Gasteiger partial charge in [-0.15, -0.1) is 0 Å². The van der Waals surface area contributed by atoms with Crippen molar-refractivity contribution < 1.29 is 45.5 Å². The number of carbonyl (C=O) groups excluding carboxylic acids is 4. The highest BCUT2D eigenvalue weighted by Gasteiger charge is 2.33. The summed E-state index contributed by atoms with van der Waals surface area (Å²) in [5.41, 5.74) is 4.12. The van der Waals surface area contributed by atoms with Crippen molar-refractivity contribution in [2.45, 2.75) is 53.9 Å². The summed E-state index contributed by atoms with van der Waals surface area (Å²) in [5.74, 6) is 0.210. The van der Waals surface area contributed by atoms with E-state index in [-0.39, 0.29) is 53.4 Å². The second kappa shape index (κ2) is 33.5. The van der Waals surface area contributed by atoms with Crippen LogP contribution in [0.2, 0.25) is 0 Å². The molecule has 0 unspecified atom stereocenters. The van der Waals surface area contributed by atoms with Gasteiger partial charge >= 0.3 is 24.1 Å². The van der Waals surface area contributed by atoms with Crippen LogP contribution in [0.15, 0.2) is 80.6 Å². The average molecular weight is 1320 g/mol. The Balaban J connectivity index is 0.000000227. The summed E-state index contributed by atoms with van der Waals surface area (Å²) in [6.45, 7) is 11.6. The van der Waals surface area contributed by atoms with Gasteiger partial charge in [0.2, 0.25) is 0 Å². The minimum atomic E-state index is -0.559. The molecule has 0 aliphatic carbocycles. The molecule has 24 nitrogen and oxygen atoms in total. The number of halogens is 6. The van der Waals surface area contributed by atoms with Crippen molar-refractivity contribution in [3.05, 3.63) is 140 Å². The first-order valence-corrected chi connectivity index (χ1v) is 30.1. The molecule has 30 heteroatoms. The number of benzene rings is 4. The Labute approximate surface area is 550 Å². The van der Waals surface area contributed by atoms with Crippen molar-refractivity contribution in [2.75, 3.05) is 166 Å². The van der Waals surface area contributed by atoms with Crippen LogP contribution < -0.4 is 0 Å². The van der Waals surface area contributed by atoms with Gasteiger partial charge in [0.05, 0.1) is 53.3 Å². The maximum atomic E-state index is 14.2. The number of urea groups is 4. The number of aryl methyl sites for hydroxylation is 2. The number of hydrogen-bond donors (Lipinski definition) is 0. The van der Waals surface area contributed by atoms with Gasteiger partial charge in [0.1, 0.15) is 34.9 Å². The number of carbonyl (C=O) groups is 4. The highest BCUT2D eigenvalue weighted by Crippen LogP contribution is 2.22. The van der Waals surface area contributed by atoms with Gasteiger partial charge in [-0.3, -0.25) is 20.0 Å². The standard InChI is InChI=1S/2C16H23F2N5O.2C16H24FN5O/c1-11-13(17)6-12(7-14(11)18)8-20(3)15(19-2)23-9-21(4)16(24)22(5)10-23;1-11-13(17)7-6-12(14(11)18)8-20(3)15(19-2)23-9-21(4)16(24)22(5)10-23;1-12-8-13(6-7-14(12)17)9-19(3)15(18-2)22-10-20(4)16(23)21(5)11-22;1-12-6-7-13(8-14(12)17)9-19(3)15(18-2)22-10-20(4)16(23)21(5)11-22/h2*6-7H,8-10H2,1-5H3;2*6-8H,9-11H2,1-5H3. The molecule has 4 aromatic carbocycles. The van der Waals surface area contributed by atoms with Gasteiger partial charge in [0.15, 0.2) is 23.8 Å². The van der Waals surface area contributed by atoms with Crippen LogP contribution in [0.25, 0.3) is 0 Å². The lowest BCUT2D eigenvalue weighted by Crippen LogP contribution is -2.59. The number of hydrogen-bond acceptors (Lipinski definition) is 8. The lowest BCUT2D eigenvalue weighted by molar-refractivity contribution is 0.0873. The minimum absolute atomic E-state index is 0.00600. The molecule has 4 heterocycles. The highest BCUT2D eigenvalue weighted by atomic mass is 19.2. The zero-order valence-electron chi connectivity index (χ0n) is 58.1. The quantitative estimate of drug-likeness (QED) is 0.0979. The Morgan fingerprint density at radius 2 is 0.638 bits per heavy atom. The molecule has 8 amide bonds. The van der Waals surface area contributed by atoms with Crippen LogP contribution in [0.5, 0.6) is 0 Å². The lowest BCUT2D eigenvalue weighted by atomic mass is 10.1. The lowest BCUT2D eigenvalue weighted by Gasteiger charge is -2.42. The second-order valence-corrected chi connectivity index (χ2v) is 24.0. The Morgan fingerprint density at radius 1 is 0.351 bits per heavy atom. The van der Waals surface area contributed by atoms with Crippen LogP contribution in [-0.4, -0.2) is 292 Å². The summed E-state index contributed by atoms with van der Waals surface area (Å²) in [7, 11) is 28.1. The molecule has 0 saturated carbocycles. The maximum Gasteiger partial charge on any atom is 0.322 e. The number of nitrogens with zero attached hydrogens (tertiary/aromatic N) is 20. The molecule has 516 valence electrons. The van der Waals surface area contributed by atoms with E-state index in [4.69, 9.17) is 0 Å². The summed E-state index contributed by atoms with van der Waals surface area (Å²) in [6.07, 6.45) is 0. The van der Waals surface area contributed by atoms with Gasteiger partial charge in [-0.05, 0) is 85.8 Å². The van der Waals surface area contributed by atoms with Crippen LogP contribution in [0.3, 0.4) is 0 Å². The van der Waals surface area contributed by atoms with E-state index >= 15 is 0 Å². The van der Waals surface area contributed by atoms with Crippen molar-refractivity contribution in [1.82, 2.24) is 78.4 Å². The predicted octanol–water partition coefficient (Wildman–Crippen LogP) is 7.34. The maximum absolute atomic E-state index is 14.2. The first kappa shape index (κ1) is 75.3. The number of rotatable bonds is 8. The van der Waals surface area contributed by atoms with E-state index < -0.39 is 23.3 Å². The topological polar surface area (TPSA) is 170 Å². The van der Waals surface area contributed by atoms with E-state index in [0.717, 1.165) is 23.0 Å². The molecule has 94 heavy (non-hydrogen) atoms. The summed E-state index contributed by atoms with van der Waals surface area (Å²) in [4.78, 5) is 92.9. The third kappa shape index (κ3) is 19.1. The van der Waals surface area contributed by atoms with E-state index in [0.29, 0.717) is 107 Å². The normalized spacial score (nSPS) is 16.1. The van der Waals surface area contributed by atoms with E-state index in [1.54, 1.807) is 180 Å². The zero-order valence-corrected chi connectivity index (χ0v) is 58.1. The first-order valence-electron chi connectivity index (χ1n) is 30.1. The summed E-state index contributed by atoms with van der Waals surface area (Å²) in [6, 6.07) is 15.6. The molecular weight excluding hydrogens is 1230 g/mol. The molecule has 0 bridgehead atoms. The van der Waals surface area contributed by atoms with E-state index in [9.17, 15) is 45.5 Å². The van der Waals surface area contributed by atoms with Gasteiger partial charge in [-0.2, -0.15) is 0 Å². The van der Waals surface area contributed by atoms with Gasteiger partial charge in [-0.25, -0.2) is 45.5 Å². The van der Waals surface area contributed by atoms with Gasteiger partial charge in [0.25, 0.3) is 0 Å². The monoisotopic (exact) mass is 1320 g/mol. The third-order valence-corrected chi connectivity index (χ3v) is 15.8. The van der Waals surface area contributed by atoms with Crippen molar-refractivity contribution in [3.8, 4) is 0 Å². The summed E-state index contributed by atoms with van der Waals surface area (Å²) < 4.78 is 82.2. The van der Waals surface area contributed by atoms with E-state index in [1.807, 2.05) is 55.6 Å². The molecule has 4 aliphatic heterocycles. The summed E-state index contributed by atoms with van der Waals surface area (Å²) >= 11 is 0. The number of amides is 8. The van der Waals surface area contributed by atoms with E-state index in [1.165, 1.54) is 44.2 Å². The Bertz CT molecular complexity index is 3260. The molecule has 0 atom stereocenters. The Morgan fingerprint density at radius 3 is 0.957 bits per heavy atom. The molecule has 8 rings (SSSR count). The van der Waals surface area contributed by atoms with Crippen molar-refractivity contribution in [3.63, 3.8) is 0 Å². The molecule has 4 fully saturated rings. The van der Waals surface area contributed by atoms with Crippen LogP contribution in [0.1, 0.15) is 44.5 Å². The molecule has 4 saturated heterocycles. The molecule has 0 N–H and O–H groups in total. The van der Waals surface area contributed by atoms with Crippen molar-refractivity contribution in [2.24, 2.45) is 20.0 Å². The van der Waals surface area contributed by atoms with Crippen molar-refractivity contribution in [1.29, 1.82) is 0 Å². The fourth-order valence-corrected chi connectivity index (χ4v) is 11.1. The zero-order chi connectivity index (χ0) is 70.3. The third-order valence-electron chi connectivity index (χ3n) is 15.8. The Kier molecular flexibility index (Phi) is 26.8. The summed E-state index contributed by atoms with van der Waals surface area (Å²) in [5, 5.41) is 0. The van der Waals surface area contributed by atoms with Gasteiger partial charge < -0.3 is 78.4 Å². The van der Waals surface area contributed by atoms with Crippen molar-refractivity contribution >= 4 is 48.0 Å². The molecular formula is C64H94F6N20O4. The fourth-order valence-electron chi connectivity index (χ4n) is 11.1. The fraction of sp³-hybridized carbons (Fsp3) is 0.500. The molecule has 4 aromatic rings. The Hall–Kier alpha value is -9.38. The van der Waals surface area contributed by atoms with Gasteiger partial charge in [-0.1, -0.05) is 30.3 Å². The average Bonchev–Trinajstić information content (AvgIpc) is 0.841. The molecule has 0 radical (unpaired) electrons.